The molecule has 1 aromatic heterocycles. The second kappa shape index (κ2) is 8.26. The molecule has 0 bridgehead atoms. The number of pyridine rings is 1. The Morgan fingerprint density at radius 1 is 1.37 bits per heavy atom. The summed E-state index contributed by atoms with van der Waals surface area (Å²) >= 11 is 6.26. The number of aromatic nitrogens is 1. The predicted octanol–water partition coefficient (Wildman–Crippen LogP) is 2.41. The van der Waals surface area contributed by atoms with E-state index in [0.29, 0.717) is 12.1 Å². The number of primary amides is 1. The SMILES string of the molecule is COc1cc(C(=O)N(Cc2cccnc2)C2CC2)cc(Cl)c1OCC(N)=O. The van der Waals surface area contributed by atoms with Gasteiger partial charge in [-0.3, -0.25) is 14.6 Å². The Kier molecular flexibility index (Phi) is 5.81. The summed E-state index contributed by atoms with van der Waals surface area (Å²) in [6, 6.07) is 7.05. The van der Waals surface area contributed by atoms with E-state index in [0.717, 1.165) is 18.4 Å². The molecule has 2 aromatic rings. The maximum Gasteiger partial charge on any atom is 0.255 e. The number of rotatable bonds is 8. The van der Waals surface area contributed by atoms with Crippen LogP contribution in [0.3, 0.4) is 0 Å². The second-order valence-electron chi connectivity index (χ2n) is 6.27. The Balaban J connectivity index is 1.86. The Morgan fingerprint density at radius 3 is 2.74 bits per heavy atom. The van der Waals surface area contributed by atoms with E-state index in [2.05, 4.69) is 4.98 Å². The average molecular weight is 390 g/mol. The average Bonchev–Trinajstić information content (AvgIpc) is 3.49. The first kappa shape index (κ1) is 19.0. The summed E-state index contributed by atoms with van der Waals surface area (Å²) < 4.78 is 10.6. The summed E-state index contributed by atoms with van der Waals surface area (Å²) in [4.78, 5) is 30.0. The highest BCUT2D eigenvalue weighted by Crippen LogP contribution is 2.38. The van der Waals surface area contributed by atoms with Gasteiger partial charge in [0.2, 0.25) is 0 Å². The lowest BCUT2D eigenvalue weighted by Gasteiger charge is -2.23. The molecule has 1 heterocycles. The third kappa shape index (κ3) is 4.68. The van der Waals surface area contributed by atoms with E-state index in [1.54, 1.807) is 18.5 Å². The zero-order chi connectivity index (χ0) is 19.4. The zero-order valence-electron chi connectivity index (χ0n) is 14.9. The number of hydrogen-bond donors (Lipinski definition) is 1. The van der Waals surface area contributed by atoms with E-state index in [4.69, 9.17) is 26.8 Å². The molecule has 2 N–H and O–H groups in total. The topological polar surface area (TPSA) is 94.8 Å². The predicted molar refractivity (Wildman–Crippen MR) is 99.8 cm³/mol. The standard InChI is InChI=1S/C19H20ClN3O4/c1-26-16-8-13(7-15(20)18(16)27-11-17(21)24)19(25)23(14-4-5-14)10-12-3-2-6-22-9-12/h2-3,6-9,14H,4-5,10-11H2,1H3,(H2,21,24). The first-order valence-electron chi connectivity index (χ1n) is 8.48. The highest BCUT2D eigenvalue weighted by Gasteiger charge is 2.33. The fourth-order valence-corrected chi connectivity index (χ4v) is 3.00. The van der Waals surface area contributed by atoms with Crippen LogP contribution in [0, 0.1) is 0 Å². The molecule has 1 aromatic carbocycles. The number of carbonyl (C=O) groups excluding carboxylic acids is 2. The number of methoxy groups -OCH3 is 1. The zero-order valence-corrected chi connectivity index (χ0v) is 15.6. The molecular weight excluding hydrogens is 370 g/mol. The largest absolute Gasteiger partial charge is 0.493 e. The summed E-state index contributed by atoms with van der Waals surface area (Å²) in [5, 5.41) is 0.177. The maximum atomic E-state index is 13.1. The molecule has 7 nitrogen and oxygen atoms in total. The van der Waals surface area contributed by atoms with Gasteiger partial charge >= 0.3 is 0 Å². The normalized spacial score (nSPS) is 13.1. The molecule has 0 unspecified atom stereocenters. The van der Waals surface area contributed by atoms with E-state index in [-0.39, 0.29) is 35.1 Å². The van der Waals surface area contributed by atoms with Crippen LogP contribution in [-0.2, 0) is 11.3 Å². The molecule has 0 radical (unpaired) electrons. The highest BCUT2D eigenvalue weighted by atomic mass is 35.5. The monoisotopic (exact) mass is 389 g/mol. The van der Waals surface area contributed by atoms with E-state index in [9.17, 15) is 9.59 Å². The molecule has 1 saturated carbocycles. The molecule has 1 aliphatic carbocycles. The van der Waals surface area contributed by atoms with Gasteiger partial charge in [-0.05, 0) is 36.6 Å². The van der Waals surface area contributed by atoms with Crippen molar-refractivity contribution in [1.82, 2.24) is 9.88 Å². The van der Waals surface area contributed by atoms with Gasteiger partial charge in [0, 0.05) is 30.5 Å². The Morgan fingerprint density at radius 2 is 2.15 bits per heavy atom. The van der Waals surface area contributed by atoms with Crippen LogP contribution in [-0.4, -0.2) is 41.5 Å². The minimum absolute atomic E-state index is 0.150. The summed E-state index contributed by atoms with van der Waals surface area (Å²) in [5.74, 6) is -0.336. The van der Waals surface area contributed by atoms with Crippen LogP contribution in [0.15, 0.2) is 36.7 Å². The Labute approximate surface area is 162 Å². The molecule has 8 heteroatoms. The van der Waals surface area contributed by atoms with Crippen LogP contribution in [0.2, 0.25) is 5.02 Å². The maximum absolute atomic E-state index is 13.1. The number of ether oxygens (including phenoxy) is 2. The molecule has 0 spiro atoms. The van der Waals surface area contributed by atoms with Crippen molar-refractivity contribution < 1.29 is 19.1 Å². The first-order chi connectivity index (χ1) is 13.0. The Bertz CT molecular complexity index is 840. The van der Waals surface area contributed by atoms with Gasteiger partial charge in [0.1, 0.15) is 0 Å². The quantitative estimate of drug-likeness (QED) is 0.748. The molecule has 2 amide bonds. The minimum Gasteiger partial charge on any atom is -0.493 e. The van der Waals surface area contributed by atoms with Crippen LogP contribution in [0.25, 0.3) is 0 Å². The summed E-state index contributed by atoms with van der Waals surface area (Å²) in [5.41, 5.74) is 6.44. The van der Waals surface area contributed by atoms with Gasteiger partial charge < -0.3 is 20.1 Å². The summed E-state index contributed by atoms with van der Waals surface area (Å²) in [6.07, 6.45) is 5.38. The molecule has 27 heavy (non-hydrogen) atoms. The van der Waals surface area contributed by atoms with Crippen molar-refractivity contribution in [2.75, 3.05) is 13.7 Å². The van der Waals surface area contributed by atoms with Crippen LogP contribution in [0.4, 0.5) is 0 Å². The van der Waals surface area contributed by atoms with Gasteiger partial charge in [-0.2, -0.15) is 0 Å². The molecule has 142 valence electrons. The van der Waals surface area contributed by atoms with E-state index >= 15 is 0 Å². The Hall–Kier alpha value is -2.80. The van der Waals surface area contributed by atoms with Gasteiger partial charge in [-0.15, -0.1) is 0 Å². The summed E-state index contributed by atoms with van der Waals surface area (Å²) in [7, 11) is 1.44. The second-order valence-corrected chi connectivity index (χ2v) is 6.68. The van der Waals surface area contributed by atoms with Crippen molar-refractivity contribution in [2.24, 2.45) is 5.73 Å². The van der Waals surface area contributed by atoms with Gasteiger partial charge in [-0.1, -0.05) is 17.7 Å². The minimum atomic E-state index is -0.635. The third-order valence-electron chi connectivity index (χ3n) is 4.16. The van der Waals surface area contributed by atoms with Crippen molar-refractivity contribution >= 4 is 23.4 Å². The van der Waals surface area contributed by atoms with E-state index < -0.39 is 5.91 Å². The van der Waals surface area contributed by atoms with Gasteiger partial charge in [-0.25, -0.2) is 0 Å². The van der Waals surface area contributed by atoms with Crippen LogP contribution in [0.5, 0.6) is 11.5 Å². The highest BCUT2D eigenvalue weighted by molar-refractivity contribution is 6.32. The number of carbonyl (C=O) groups is 2. The van der Waals surface area contributed by atoms with Crippen LogP contribution < -0.4 is 15.2 Å². The molecule has 0 atom stereocenters. The lowest BCUT2D eigenvalue weighted by atomic mass is 10.1. The third-order valence-corrected chi connectivity index (χ3v) is 4.44. The fraction of sp³-hybridized carbons (Fsp3) is 0.316. The van der Waals surface area contributed by atoms with E-state index in [1.165, 1.54) is 13.2 Å². The van der Waals surface area contributed by atoms with Gasteiger partial charge in [0.05, 0.1) is 12.1 Å². The lowest BCUT2D eigenvalue weighted by molar-refractivity contribution is -0.119. The molecule has 1 fully saturated rings. The number of halogens is 1. The molecule has 0 aliphatic heterocycles. The molecular formula is C19H20ClN3O4. The number of nitrogens with two attached hydrogens (primary N) is 1. The van der Waals surface area contributed by atoms with Crippen molar-refractivity contribution in [3.63, 3.8) is 0 Å². The van der Waals surface area contributed by atoms with Crippen molar-refractivity contribution in [3.05, 3.63) is 52.8 Å². The van der Waals surface area contributed by atoms with Crippen molar-refractivity contribution in [1.29, 1.82) is 0 Å². The number of hydrogen-bond acceptors (Lipinski definition) is 5. The number of benzene rings is 1. The molecule has 3 rings (SSSR count). The number of nitrogens with zero attached hydrogens (tertiary/aromatic N) is 2. The van der Waals surface area contributed by atoms with Crippen LogP contribution in [0.1, 0.15) is 28.8 Å². The molecule has 1 aliphatic rings. The fourth-order valence-electron chi connectivity index (χ4n) is 2.73. The van der Waals surface area contributed by atoms with Crippen LogP contribution >= 0.6 is 11.6 Å². The van der Waals surface area contributed by atoms with Gasteiger partial charge in [0.25, 0.3) is 11.8 Å². The smallest absolute Gasteiger partial charge is 0.255 e. The van der Waals surface area contributed by atoms with Gasteiger partial charge in [0.15, 0.2) is 18.1 Å². The van der Waals surface area contributed by atoms with E-state index in [1.807, 2.05) is 17.0 Å². The summed E-state index contributed by atoms with van der Waals surface area (Å²) in [6.45, 7) is 0.135. The first-order valence-corrected chi connectivity index (χ1v) is 8.86. The molecule has 0 saturated heterocycles. The number of amides is 2. The van der Waals surface area contributed by atoms with Crippen molar-refractivity contribution in [2.45, 2.75) is 25.4 Å². The lowest BCUT2D eigenvalue weighted by Crippen LogP contribution is -2.32. The van der Waals surface area contributed by atoms with Crippen molar-refractivity contribution in [3.8, 4) is 11.5 Å².